The smallest absolute Gasteiger partial charge is 0.269 e. The molecule has 0 unspecified atom stereocenters. The van der Waals surface area contributed by atoms with Crippen LogP contribution in [0.15, 0.2) is 30.3 Å². The van der Waals surface area contributed by atoms with E-state index >= 15 is 0 Å². The summed E-state index contributed by atoms with van der Waals surface area (Å²) in [7, 11) is 0. The molecule has 1 aromatic carbocycles. The van der Waals surface area contributed by atoms with Crippen LogP contribution in [0.5, 0.6) is 0 Å². The van der Waals surface area contributed by atoms with Gasteiger partial charge >= 0.3 is 0 Å². The highest BCUT2D eigenvalue weighted by Crippen LogP contribution is 2.19. The standard InChI is InChI=1S/C21H28N6O3/c1-15(2)21-22-16(3)14-19(24-21)26-12-10-25(11-13-26)9-8-20(28)23-17-4-6-18(7-5-17)27(29)30/h4-7,14-15H,8-13H2,1-3H3,(H,23,28). The molecular weight excluding hydrogens is 384 g/mol. The average molecular weight is 412 g/mol. The minimum Gasteiger partial charge on any atom is -0.354 e. The van der Waals surface area contributed by atoms with Gasteiger partial charge in [-0.3, -0.25) is 19.8 Å². The normalized spacial score (nSPS) is 14.7. The third kappa shape index (κ3) is 5.73. The fourth-order valence-corrected chi connectivity index (χ4v) is 3.34. The second kappa shape index (κ2) is 9.62. The summed E-state index contributed by atoms with van der Waals surface area (Å²) < 4.78 is 0. The van der Waals surface area contributed by atoms with Crippen LogP contribution in [0.2, 0.25) is 0 Å². The van der Waals surface area contributed by atoms with E-state index in [9.17, 15) is 14.9 Å². The first kappa shape index (κ1) is 21.6. The quantitative estimate of drug-likeness (QED) is 0.551. The Labute approximate surface area is 176 Å². The van der Waals surface area contributed by atoms with Gasteiger partial charge in [-0.2, -0.15) is 0 Å². The van der Waals surface area contributed by atoms with E-state index in [1.54, 1.807) is 12.1 Å². The van der Waals surface area contributed by atoms with Crippen molar-refractivity contribution in [3.63, 3.8) is 0 Å². The van der Waals surface area contributed by atoms with E-state index < -0.39 is 4.92 Å². The van der Waals surface area contributed by atoms with E-state index in [-0.39, 0.29) is 11.6 Å². The molecule has 3 rings (SSSR count). The van der Waals surface area contributed by atoms with E-state index in [2.05, 4.69) is 33.9 Å². The van der Waals surface area contributed by atoms with Crippen LogP contribution in [0.25, 0.3) is 0 Å². The largest absolute Gasteiger partial charge is 0.354 e. The van der Waals surface area contributed by atoms with Gasteiger partial charge in [0.2, 0.25) is 5.91 Å². The molecule has 1 aromatic heterocycles. The lowest BCUT2D eigenvalue weighted by molar-refractivity contribution is -0.384. The summed E-state index contributed by atoms with van der Waals surface area (Å²) in [6.07, 6.45) is 0.376. The Morgan fingerprint density at radius 1 is 1.17 bits per heavy atom. The van der Waals surface area contributed by atoms with Crippen LogP contribution in [0.4, 0.5) is 17.2 Å². The van der Waals surface area contributed by atoms with Crippen LogP contribution in [0.1, 0.15) is 37.7 Å². The van der Waals surface area contributed by atoms with Crippen LogP contribution in [0, 0.1) is 17.0 Å². The fraction of sp³-hybridized carbons (Fsp3) is 0.476. The number of rotatable bonds is 7. The highest BCUT2D eigenvalue weighted by molar-refractivity contribution is 5.90. The zero-order valence-corrected chi connectivity index (χ0v) is 17.7. The van der Waals surface area contributed by atoms with E-state index in [1.807, 2.05) is 13.0 Å². The van der Waals surface area contributed by atoms with E-state index in [1.165, 1.54) is 12.1 Å². The molecule has 1 fully saturated rings. The van der Waals surface area contributed by atoms with Crippen molar-refractivity contribution in [1.82, 2.24) is 14.9 Å². The van der Waals surface area contributed by atoms with E-state index in [0.717, 1.165) is 43.5 Å². The number of amides is 1. The zero-order valence-electron chi connectivity index (χ0n) is 17.7. The van der Waals surface area contributed by atoms with Crippen LogP contribution in [0.3, 0.4) is 0 Å². The zero-order chi connectivity index (χ0) is 21.7. The number of piperazine rings is 1. The molecule has 9 nitrogen and oxygen atoms in total. The molecule has 1 aliphatic rings. The first-order valence-corrected chi connectivity index (χ1v) is 10.2. The first-order chi connectivity index (χ1) is 14.3. The highest BCUT2D eigenvalue weighted by Gasteiger charge is 2.20. The predicted octanol–water partition coefficient (Wildman–Crippen LogP) is 2.97. The van der Waals surface area contributed by atoms with Gasteiger partial charge in [-0.05, 0) is 19.1 Å². The number of non-ortho nitro benzene ring substituents is 1. The predicted molar refractivity (Wildman–Crippen MR) is 116 cm³/mol. The molecule has 30 heavy (non-hydrogen) atoms. The molecule has 0 bridgehead atoms. The maximum absolute atomic E-state index is 12.2. The van der Waals surface area contributed by atoms with E-state index in [0.29, 0.717) is 24.6 Å². The molecule has 1 saturated heterocycles. The Hall–Kier alpha value is -3.07. The van der Waals surface area contributed by atoms with Crippen molar-refractivity contribution >= 4 is 23.1 Å². The van der Waals surface area contributed by atoms with Crippen LogP contribution in [-0.4, -0.2) is 58.4 Å². The van der Waals surface area contributed by atoms with Gasteiger partial charge in [-0.25, -0.2) is 9.97 Å². The molecular formula is C21H28N6O3. The number of nitrogens with zero attached hydrogens (tertiary/aromatic N) is 5. The molecule has 2 aromatic rings. The number of nitro groups is 1. The Morgan fingerprint density at radius 2 is 1.83 bits per heavy atom. The second-order valence-corrected chi connectivity index (χ2v) is 7.81. The first-order valence-electron chi connectivity index (χ1n) is 10.2. The van der Waals surface area contributed by atoms with Crippen molar-refractivity contribution < 1.29 is 9.72 Å². The number of benzene rings is 1. The number of nitro benzene ring substituents is 1. The van der Waals surface area contributed by atoms with Gasteiger partial charge < -0.3 is 10.2 Å². The van der Waals surface area contributed by atoms with Gasteiger partial charge in [0.15, 0.2) is 0 Å². The Kier molecular flexibility index (Phi) is 6.94. The summed E-state index contributed by atoms with van der Waals surface area (Å²) in [5.41, 5.74) is 1.55. The molecule has 0 aliphatic carbocycles. The molecule has 0 radical (unpaired) electrons. The van der Waals surface area contributed by atoms with Gasteiger partial charge in [-0.15, -0.1) is 0 Å². The van der Waals surface area contributed by atoms with Crippen molar-refractivity contribution in [3.8, 4) is 0 Å². The summed E-state index contributed by atoms with van der Waals surface area (Å²) in [6.45, 7) is 10.3. The maximum Gasteiger partial charge on any atom is 0.269 e. The summed E-state index contributed by atoms with van der Waals surface area (Å²) in [5.74, 6) is 2.04. The molecule has 0 spiro atoms. The molecule has 0 atom stereocenters. The fourth-order valence-electron chi connectivity index (χ4n) is 3.34. The molecule has 1 amide bonds. The van der Waals surface area contributed by atoms with Crippen molar-refractivity contribution in [3.05, 3.63) is 52.0 Å². The lowest BCUT2D eigenvalue weighted by Crippen LogP contribution is -2.47. The number of anilines is 2. The number of carbonyl (C=O) groups is 1. The van der Waals surface area contributed by atoms with E-state index in [4.69, 9.17) is 4.98 Å². The van der Waals surface area contributed by atoms with Crippen molar-refractivity contribution in [2.24, 2.45) is 0 Å². The van der Waals surface area contributed by atoms with Crippen LogP contribution >= 0.6 is 0 Å². The van der Waals surface area contributed by atoms with Gasteiger partial charge in [0.05, 0.1) is 4.92 Å². The Bertz CT molecular complexity index is 892. The Balaban J connectivity index is 1.46. The van der Waals surface area contributed by atoms with Crippen LogP contribution in [-0.2, 0) is 4.79 Å². The summed E-state index contributed by atoms with van der Waals surface area (Å²) >= 11 is 0. The van der Waals surface area contributed by atoms with Gasteiger partial charge in [0.25, 0.3) is 5.69 Å². The number of hydrogen-bond donors (Lipinski definition) is 1. The molecule has 2 heterocycles. The van der Waals surface area contributed by atoms with Gasteiger partial charge in [0, 0.05) is 74.6 Å². The average Bonchev–Trinajstić information content (AvgIpc) is 2.72. The lowest BCUT2D eigenvalue weighted by atomic mass is 10.2. The van der Waals surface area contributed by atoms with Gasteiger partial charge in [0.1, 0.15) is 11.6 Å². The minimum absolute atomic E-state index is 0.00488. The maximum atomic E-state index is 12.2. The Morgan fingerprint density at radius 3 is 2.43 bits per heavy atom. The number of aromatic nitrogens is 2. The van der Waals surface area contributed by atoms with Crippen LogP contribution < -0.4 is 10.2 Å². The third-order valence-corrected chi connectivity index (χ3v) is 5.09. The topological polar surface area (TPSA) is 104 Å². The third-order valence-electron chi connectivity index (χ3n) is 5.09. The summed E-state index contributed by atoms with van der Waals surface area (Å²) in [5, 5.41) is 13.5. The second-order valence-electron chi connectivity index (χ2n) is 7.81. The molecule has 1 N–H and O–H groups in total. The molecule has 1 aliphatic heterocycles. The number of nitrogens with one attached hydrogen (secondary N) is 1. The lowest BCUT2D eigenvalue weighted by Gasteiger charge is -2.35. The van der Waals surface area contributed by atoms with Crippen molar-refractivity contribution in [2.45, 2.75) is 33.1 Å². The number of carbonyl (C=O) groups excluding carboxylic acids is 1. The molecule has 160 valence electrons. The molecule has 9 heteroatoms. The minimum atomic E-state index is -0.461. The number of aryl methyl sites for hydroxylation is 1. The highest BCUT2D eigenvalue weighted by atomic mass is 16.6. The van der Waals surface area contributed by atoms with Gasteiger partial charge in [-0.1, -0.05) is 13.8 Å². The van der Waals surface area contributed by atoms with Crippen molar-refractivity contribution in [2.75, 3.05) is 42.9 Å². The SMILES string of the molecule is Cc1cc(N2CCN(CCC(=O)Nc3ccc([N+](=O)[O-])cc3)CC2)nc(C(C)C)n1. The summed E-state index contributed by atoms with van der Waals surface area (Å²) in [4.78, 5) is 36.2. The monoisotopic (exact) mass is 412 g/mol. The number of hydrogen-bond acceptors (Lipinski definition) is 7. The molecule has 0 saturated carbocycles. The van der Waals surface area contributed by atoms with Crippen molar-refractivity contribution in [1.29, 1.82) is 0 Å². The summed E-state index contributed by atoms with van der Waals surface area (Å²) in [6, 6.07) is 7.88.